The molecule has 1 fully saturated rings. The van der Waals surface area contributed by atoms with Crippen molar-refractivity contribution in [1.82, 2.24) is 24.9 Å². The number of carbonyl (C=O) groups excluding carboxylic acids is 1. The predicted molar refractivity (Wildman–Crippen MR) is 91.9 cm³/mol. The first-order chi connectivity index (χ1) is 12.7. The van der Waals surface area contributed by atoms with Crippen molar-refractivity contribution in [2.75, 3.05) is 26.2 Å². The number of nitrogens with zero attached hydrogens (tertiary/aromatic N) is 4. The van der Waals surface area contributed by atoms with Gasteiger partial charge in [-0.1, -0.05) is 17.3 Å². The maximum Gasteiger partial charge on any atom is 0.420 e. The fourth-order valence-corrected chi connectivity index (χ4v) is 3.12. The van der Waals surface area contributed by atoms with E-state index in [1.807, 2.05) is 6.07 Å². The highest BCUT2D eigenvalue weighted by Crippen LogP contribution is 2.13. The van der Waals surface area contributed by atoms with Gasteiger partial charge in [-0.25, -0.2) is 4.79 Å². The number of hydrogen-bond acceptors (Lipinski definition) is 7. The Morgan fingerprint density at radius 3 is 2.88 bits per heavy atom. The van der Waals surface area contributed by atoms with Crippen LogP contribution in [0.2, 0.25) is 0 Å². The second kappa shape index (κ2) is 7.12. The lowest BCUT2D eigenvalue weighted by Gasteiger charge is -2.13. The van der Waals surface area contributed by atoms with Gasteiger partial charge in [0.1, 0.15) is 0 Å². The highest BCUT2D eigenvalue weighted by atomic mass is 16.5. The Morgan fingerprint density at radius 1 is 1.23 bits per heavy atom. The molecule has 0 spiro atoms. The maximum atomic E-state index is 12.1. The van der Waals surface area contributed by atoms with Crippen molar-refractivity contribution in [1.29, 1.82) is 0 Å². The maximum absolute atomic E-state index is 12.1. The smallest absolute Gasteiger partial charge is 0.408 e. The van der Waals surface area contributed by atoms with Crippen molar-refractivity contribution in [2.45, 2.75) is 19.4 Å². The van der Waals surface area contributed by atoms with Crippen LogP contribution in [0.4, 0.5) is 0 Å². The van der Waals surface area contributed by atoms with E-state index >= 15 is 0 Å². The Labute approximate surface area is 148 Å². The normalized spacial score (nSPS) is 14.9. The molecule has 9 nitrogen and oxygen atoms in total. The van der Waals surface area contributed by atoms with Gasteiger partial charge in [0, 0.05) is 13.1 Å². The lowest BCUT2D eigenvalue weighted by molar-refractivity contribution is 0.0906. The van der Waals surface area contributed by atoms with Crippen molar-refractivity contribution >= 4 is 17.0 Å². The molecule has 4 rings (SSSR count). The fourth-order valence-electron chi connectivity index (χ4n) is 3.12. The molecule has 0 bridgehead atoms. The van der Waals surface area contributed by atoms with Crippen molar-refractivity contribution in [3.8, 4) is 0 Å². The van der Waals surface area contributed by atoms with Crippen molar-refractivity contribution < 1.29 is 13.7 Å². The number of amides is 1. The van der Waals surface area contributed by atoms with Gasteiger partial charge in [0.15, 0.2) is 11.4 Å². The van der Waals surface area contributed by atoms with Crippen LogP contribution in [0.1, 0.15) is 29.4 Å². The quantitative estimate of drug-likeness (QED) is 0.697. The first-order valence-corrected chi connectivity index (χ1v) is 8.62. The summed E-state index contributed by atoms with van der Waals surface area (Å²) < 4.78 is 11.6. The number of rotatable bonds is 6. The zero-order valence-corrected chi connectivity index (χ0v) is 14.2. The van der Waals surface area contributed by atoms with Crippen LogP contribution >= 0.6 is 0 Å². The number of likely N-dealkylation sites (tertiary alicyclic amines) is 1. The zero-order valence-electron chi connectivity index (χ0n) is 14.2. The molecule has 0 aliphatic carbocycles. The van der Waals surface area contributed by atoms with Crippen LogP contribution in [0.5, 0.6) is 0 Å². The van der Waals surface area contributed by atoms with Crippen molar-refractivity contribution in [3.63, 3.8) is 0 Å². The SMILES string of the molecule is O=C(NCCN1CCCC1)c1nc(Cn2c(=O)oc3ccccc32)no1. The van der Waals surface area contributed by atoms with E-state index in [-0.39, 0.29) is 18.3 Å². The topological polar surface area (TPSA) is 106 Å². The Kier molecular flexibility index (Phi) is 4.53. The Morgan fingerprint density at radius 2 is 2.04 bits per heavy atom. The second-order valence-corrected chi connectivity index (χ2v) is 6.24. The van der Waals surface area contributed by atoms with E-state index < -0.39 is 11.7 Å². The molecule has 26 heavy (non-hydrogen) atoms. The zero-order chi connectivity index (χ0) is 17.9. The van der Waals surface area contributed by atoms with E-state index in [2.05, 4.69) is 20.4 Å². The van der Waals surface area contributed by atoms with Crippen molar-refractivity contribution in [3.05, 3.63) is 46.5 Å². The van der Waals surface area contributed by atoms with Gasteiger partial charge in [-0.15, -0.1) is 0 Å². The number of carbonyl (C=O) groups is 1. The monoisotopic (exact) mass is 357 g/mol. The van der Waals surface area contributed by atoms with Crippen LogP contribution < -0.4 is 11.1 Å². The molecular weight excluding hydrogens is 338 g/mol. The molecule has 1 aromatic carbocycles. The van der Waals surface area contributed by atoms with Gasteiger partial charge in [0.05, 0.1) is 12.1 Å². The predicted octanol–water partition coefficient (Wildman–Crippen LogP) is 0.851. The Balaban J connectivity index is 1.40. The molecule has 1 aliphatic heterocycles. The minimum Gasteiger partial charge on any atom is -0.408 e. The number of benzene rings is 1. The minimum atomic E-state index is -0.507. The third kappa shape index (κ3) is 3.38. The first-order valence-electron chi connectivity index (χ1n) is 8.62. The van der Waals surface area contributed by atoms with E-state index in [1.165, 1.54) is 17.4 Å². The number of hydrogen-bond donors (Lipinski definition) is 1. The molecule has 1 aliphatic rings. The average Bonchev–Trinajstić information content (AvgIpc) is 3.37. The first kappa shape index (κ1) is 16.5. The standard InChI is InChI=1S/C17H19N5O4/c23-15(18-7-10-21-8-3-4-9-21)16-19-14(20-26-16)11-22-12-5-1-2-6-13(12)25-17(22)24/h1-2,5-6H,3-4,7-11H2,(H,18,23). The van der Waals surface area contributed by atoms with Crippen molar-refractivity contribution in [2.24, 2.45) is 0 Å². The summed E-state index contributed by atoms with van der Waals surface area (Å²) in [6, 6.07) is 7.08. The van der Waals surface area contributed by atoms with E-state index in [4.69, 9.17) is 8.94 Å². The molecule has 9 heteroatoms. The van der Waals surface area contributed by atoms with Crippen LogP contribution in [0.3, 0.4) is 0 Å². The molecule has 0 radical (unpaired) electrons. The van der Waals surface area contributed by atoms with Crippen LogP contribution in [-0.2, 0) is 6.54 Å². The van der Waals surface area contributed by atoms with Gasteiger partial charge >= 0.3 is 17.6 Å². The molecule has 3 aromatic rings. The van der Waals surface area contributed by atoms with Gasteiger partial charge in [-0.05, 0) is 38.1 Å². The highest BCUT2D eigenvalue weighted by molar-refractivity contribution is 5.89. The molecule has 0 unspecified atom stereocenters. The highest BCUT2D eigenvalue weighted by Gasteiger charge is 2.18. The van der Waals surface area contributed by atoms with Crippen LogP contribution in [-0.4, -0.2) is 51.7 Å². The van der Waals surface area contributed by atoms with Crippen LogP contribution in [0, 0.1) is 0 Å². The summed E-state index contributed by atoms with van der Waals surface area (Å²) in [5.41, 5.74) is 1.12. The molecule has 1 amide bonds. The molecule has 0 saturated carbocycles. The van der Waals surface area contributed by atoms with Gasteiger partial charge in [0.2, 0.25) is 0 Å². The number of oxazole rings is 1. The average molecular weight is 357 g/mol. The van der Waals surface area contributed by atoms with Crippen LogP contribution in [0.25, 0.3) is 11.1 Å². The molecule has 0 atom stereocenters. The van der Waals surface area contributed by atoms with E-state index in [1.54, 1.807) is 18.2 Å². The lowest BCUT2D eigenvalue weighted by atomic mass is 10.3. The molecule has 2 aromatic heterocycles. The fraction of sp³-hybridized carbons (Fsp3) is 0.412. The summed E-state index contributed by atoms with van der Waals surface area (Å²) >= 11 is 0. The lowest BCUT2D eigenvalue weighted by Crippen LogP contribution is -2.33. The summed E-state index contributed by atoms with van der Waals surface area (Å²) in [5, 5.41) is 6.56. The van der Waals surface area contributed by atoms with E-state index in [0.29, 0.717) is 17.6 Å². The van der Waals surface area contributed by atoms with Gasteiger partial charge in [-0.3, -0.25) is 9.36 Å². The summed E-state index contributed by atoms with van der Waals surface area (Å²) in [7, 11) is 0. The third-order valence-electron chi connectivity index (χ3n) is 4.45. The van der Waals surface area contributed by atoms with Gasteiger partial charge in [0.25, 0.3) is 0 Å². The molecule has 1 N–H and O–H groups in total. The number of aromatic nitrogens is 3. The summed E-state index contributed by atoms with van der Waals surface area (Å²) in [6.45, 7) is 3.56. The summed E-state index contributed by atoms with van der Waals surface area (Å²) in [6.07, 6.45) is 2.42. The largest absolute Gasteiger partial charge is 0.420 e. The van der Waals surface area contributed by atoms with E-state index in [0.717, 1.165) is 19.6 Å². The number of nitrogens with one attached hydrogen (secondary N) is 1. The van der Waals surface area contributed by atoms with Gasteiger partial charge < -0.3 is 19.2 Å². The summed E-state index contributed by atoms with van der Waals surface area (Å²) in [5.74, 6) is -0.787. The Bertz CT molecular complexity index is 967. The summed E-state index contributed by atoms with van der Waals surface area (Å²) in [4.78, 5) is 30.5. The minimum absolute atomic E-state index is 0.0698. The molecule has 136 valence electrons. The van der Waals surface area contributed by atoms with Gasteiger partial charge in [-0.2, -0.15) is 4.98 Å². The molecule has 3 heterocycles. The van der Waals surface area contributed by atoms with Crippen LogP contribution in [0.15, 0.2) is 38.0 Å². The second-order valence-electron chi connectivity index (χ2n) is 6.24. The number of para-hydroxylation sites is 2. The third-order valence-corrected chi connectivity index (χ3v) is 4.45. The molecular formula is C17H19N5O4. The molecule has 1 saturated heterocycles. The number of fused-ring (bicyclic) bond motifs is 1. The van der Waals surface area contributed by atoms with E-state index in [9.17, 15) is 9.59 Å². The Hall–Kier alpha value is -2.94.